The van der Waals surface area contributed by atoms with Gasteiger partial charge in [0.05, 0.1) is 0 Å². The summed E-state index contributed by atoms with van der Waals surface area (Å²) in [5.74, 6) is -1.55. The third-order valence-electron chi connectivity index (χ3n) is 3.05. The van der Waals surface area contributed by atoms with Crippen molar-refractivity contribution in [2.24, 2.45) is 0 Å². The summed E-state index contributed by atoms with van der Waals surface area (Å²) in [6.07, 6.45) is -0.766. The van der Waals surface area contributed by atoms with E-state index >= 15 is 0 Å². The number of hydrogen-bond acceptors (Lipinski definition) is 3. The van der Waals surface area contributed by atoms with Crippen LogP contribution in [0.1, 0.15) is 26.5 Å². The second-order valence-electron chi connectivity index (χ2n) is 6.27. The minimum absolute atomic E-state index is 0.0326. The van der Waals surface area contributed by atoms with Gasteiger partial charge in [0.25, 0.3) is 0 Å². The average Bonchev–Trinajstić information content (AvgIpc) is 2.76. The number of aliphatic carboxylic acids is 1. The molecule has 1 amide bonds. The molecule has 1 unspecified atom stereocenters. The van der Waals surface area contributed by atoms with Crippen molar-refractivity contribution in [3.8, 4) is 0 Å². The predicted molar refractivity (Wildman–Crippen MR) is 82.8 cm³/mol. The average molecular weight is 322 g/mol. The van der Waals surface area contributed by atoms with Crippen molar-refractivity contribution in [1.82, 2.24) is 10.3 Å². The maximum atomic E-state index is 13.2. The quantitative estimate of drug-likeness (QED) is 0.807. The van der Waals surface area contributed by atoms with Crippen LogP contribution in [0.3, 0.4) is 0 Å². The number of alkyl carbamates (subject to hydrolysis) is 1. The number of benzene rings is 1. The zero-order valence-corrected chi connectivity index (χ0v) is 13.1. The van der Waals surface area contributed by atoms with E-state index in [1.165, 1.54) is 12.1 Å². The van der Waals surface area contributed by atoms with Crippen LogP contribution in [0.25, 0.3) is 10.9 Å². The van der Waals surface area contributed by atoms with Crippen molar-refractivity contribution in [3.05, 3.63) is 35.8 Å². The molecule has 1 atom stereocenters. The highest BCUT2D eigenvalue weighted by Crippen LogP contribution is 2.18. The van der Waals surface area contributed by atoms with E-state index in [0.29, 0.717) is 16.6 Å². The number of aromatic nitrogens is 1. The normalized spacial score (nSPS) is 12.9. The molecule has 0 radical (unpaired) electrons. The van der Waals surface area contributed by atoms with Gasteiger partial charge in [0, 0.05) is 23.0 Å². The van der Waals surface area contributed by atoms with E-state index in [0.717, 1.165) is 0 Å². The molecule has 2 rings (SSSR count). The largest absolute Gasteiger partial charge is 0.480 e. The van der Waals surface area contributed by atoms with Crippen LogP contribution in [-0.2, 0) is 16.0 Å². The van der Waals surface area contributed by atoms with Crippen LogP contribution in [-0.4, -0.2) is 33.8 Å². The van der Waals surface area contributed by atoms with Crippen LogP contribution < -0.4 is 5.32 Å². The number of rotatable bonds is 4. The van der Waals surface area contributed by atoms with Crippen molar-refractivity contribution in [2.45, 2.75) is 38.8 Å². The Morgan fingerprint density at radius 2 is 2.04 bits per heavy atom. The third-order valence-corrected chi connectivity index (χ3v) is 3.05. The molecule has 0 aliphatic rings. The van der Waals surface area contributed by atoms with Crippen LogP contribution in [0.15, 0.2) is 24.3 Å². The lowest BCUT2D eigenvalue weighted by atomic mass is 10.1. The highest BCUT2D eigenvalue weighted by molar-refractivity contribution is 5.82. The molecule has 3 N–H and O–H groups in total. The molecule has 23 heavy (non-hydrogen) atoms. The van der Waals surface area contributed by atoms with Crippen LogP contribution in [0.2, 0.25) is 0 Å². The summed E-state index contributed by atoms with van der Waals surface area (Å²) in [5.41, 5.74) is 0.558. The third kappa shape index (κ3) is 4.70. The SMILES string of the molecule is CC(C)(C)OC(=O)NC(Cc1cc2cc(F)ccc2[nH]1)C(=O)O. The van der Waals surface area contributed by atoms with E-state index in [1.807, 2.05) is 0 Å². The minimum atomic E-state index is -1.18. The van der Waals surface area contributed by atoms with Gasteiger partial charge in [-0.3, -0.25) is 0 Å². The molecule has 6 nitrogen and oxygen atoms in total. The fraction of sp³-hybridized carbons (Fsp3) is 0.375. The van der Waals surface area contributed by atoms with Gasteiger partial charge in [-0.05, 0) is 45.0 Å². The molecular weight excluding hydrogens is 303 g/mol. The monoisotopic (exact) mass is 322 g/mol. The zero-order chi connectivity index (χ0) is 17.2. The van der Waals surface area contributed by atoms with Crippen molar-refractivity contribution in [3.63, 3.8) is 0 Å². The summed E-state index contributed by atoms with van der Waals surface area (Å²) < 4.78 is 18.2. The highest BCUT2D eigenvalue weighted by atomic mass is 19.1. The van der Waals surface area contributed by atoms with E-state index in [4.69, 9.17) is 4.74 Å². The summed E-state index contributed by atoms with van der Waals surface area (Å²) in [7, 11) is 0. The number of ether oxygens (including phenoxy) is 1. The molecule has 0 saturated carbocycles. The molecule has 0 fully saturated rings. The number of halogens is 1. The molecule has 2 aromatic rings. The molecule has 1 aromatic carbocycles. The number of carbonyl (C=O) groups excluding carboxylic acids is 1. The summed E-state index contributed by atoms with van der Waals surface area (Å²) in [5, 5.41) is 12.2. The van der Waals surface area contributed by atoms with Crippen molar-refractivity contribution < 1.29 is 23.8 Å². The molecule has 0 spiro atoms. The Morgan fingerprint density at radius 1 is 1.35 bits per heavy atom. The van der Waals surface area contributed by atoms with Gasteiger partial charge < -0.3 is 20.1 Å². The molecular formula is C16H19FN2O4. The standard InChI is InChI=1S/C16H19FN2O4/c1-16(2,3)23-15(22)19-13(14(20)21)8-11-7-9-6-10(17)4-5-12(9)18-11/h4-7,13,18H,8H2,1-3H3,(H,19,22)(H,20,21). The Kier molecular flexibility index (Phi) is 4.58. The maximum Gasteiger partial charge on any atom is 0.408 e. The van der Waals surface area contributed by atoms with Crippen molar-refractivity contribution >= 4 is 23.0 Å². The number of nitrogens with one attached hydrogen (secondary N) is 2. The zero-order valence-electron chi connectivity index (χ0n) is 13.1. The van der Waals surface area contributed by atoms with Gasteiger partial charge in [-0.15, -0.1) is 0 Å². The lowest BCUT2D eigenvalue weighted by Gasteiger charge is -2.21. The number of carboxylic acids is 1. The Labute approximate surface area is 132 Å². The first-order chi connectivity index (χ1) is 10.6. The maximum absolute atomic E-state index is 13.2. The second kappa shape index (κ2) is 6.28. The number of fused-ring (bicyclic) bond motifs is 1. The lowest BCUT2D eigenvalue weighted by molar-refractivity contribution is -0.139. The molecule has 124 valence electrons. The van der Waals surface area contributed by atoms with Crippen LogP contribution in [0, 0.1) is 5.82 Å². The van der Waals surface area contributed by atoms with Crippen molar-refractivity contribution in [1.29, 1.82) is 0 Å². The van der Waals surface area contributed by atoms with Gasteiger partial charge in [-0.25, -0.2) is 14.0 Å². The molecule has 0 aliphatic carbocycles. The van der Waals surface area contributed by atoms with E-state index < -0.39 is 23.7 Å². The van der Waals surface area contributed by atoms with Crippen LogP contribution in [0.4, 0.5) is 9.18 Å². The molecule has 0 bridgehead atoms. The van der Waals surface area contributed by atoms with Gasteiger partial charge in [0.15, 0.2) is 0 Å². The van der Waals surface area contributed by atoms with E-state index in [1.54, 1.807) is 32.9 Å². The van der Waals surface area contributed by atoms with E-state index in [9.17, 15) is 19.1 Å². The molecule has 0 saturated heterocycles. The fourth-order valence-corrected chi connectivity index (χ4v) is 2.14. The Bertz CT molecular complexity index is 733. The Morgan fingerprint density at radius 3 is 2.65 bits per heavy atom. The highest BCUT2D eigenvalue weighted by Gasteiger charge is 2.24. The summed E-state index contributed by atoms with van der Waals surface area (Å²) in [6.45, 7) is 5.07. The van der Waals surface area contributed by atoms with Crippen molar-refractivity contribution in [2.75, 3.05) is 0 Å². The predicted octanol–water partition coefficient (Wildman–Crippen LogP) is 2.83. The second-order valence-corrected chi connectivity index (χ2v) is 6.27. The first kappa shape index (κ1) is 16.8. The van der Waals surface area contributed by atoms with Gasteiger partial charge in [-0.2, -0.15) is 0 Å². The van der Waals surface area contributed by atoms with Crippen LogP contribution in [0.5, 0.6) is 0 Å². The van der Waals surface area contributed by atoms with Gasteiger partial charge in [0.1, 0.15) is 17.5 Å². The van der Waals surface area contributed by atoms with E-state index in [-0.39, 0.29) is 12.2 Å². The topological polar surface area (TPSA) is 91.4 Å². The van der Waals surface area contributed by atoms with Gasteiger partial charge in [-0.1, -0.05) is 0 Å². The first-order valence-corrected chi connectivity index (χ1v) is 7.13. The molecule has 0 aliphatic heterocycles. The van der Waals surface area contributed by atoms with Gasteiger partial charge >= 0.3 is 12.1 Å². The number of aromatic amines is 1. The molecule has 1 aromatic heterocycles. The summed E-state index contributed by atoms with van der Waals surface area (Å²) in [4.78, 5) is 26.1. The smallest absolute Gasteiger partial charge is 0.408 e. The Balaban J connectivity index is 2.11. The Hall–Kier alpha value is -2.57. The lowest BCUT2D eigenvalue weighted by Crippen LogP contribution is -2.44. The molecule has 1 heterocycles. The number of amides is 1. The first-order valence-electron chi connectivity index (χ1n) is 7.13. The number of H-pyrrole nitrogens is 1. The van der Waals surface area contributed by atoms with Crippen LogP contribution >= 0.6 is 0 Å². The number of hydrogen-bond donors (Lipinski definition) is 3. The number of carboxylic acid groups (broad SMARTS) is 1. The fourth-order valence-electron chi connectivity index (χ4n) is 2.14. The summed E-state index contributed by atoms with van der Waals surface area (Å²) in [6, 6.07) is 4.75. The van der Waals surface area contributed by atoms with E-state index in [2.05, 4.69) is 10.3 Å². The van der Waals surface area contributed by atoms with Gasteiger partial charge in [0.2, 0.25) is 0 Å². The minimum Gasteiger partial charge on any atom is -0.480 e. The molecule has 7 heteroatoms. The number of carbonyl (C=O) groups is 2. The summed E-state index contributed by atoms with van der Waals surface area (Å²) >= 11 is 0.